The van der Waals surface area contributed by atoms with Gasteiger partial charge in [-0.3, -0.25) is 4.79 Å². The van der Waals surface area contributed by atoms with E-state index in [0.717, 1.165) is 17.2 Å². The zero-order valence-electron chi connectivity index (χ0n) is 12.9. The predicted molar refractivity (Wildman–Crippen MR) is 84.1 cm³/mol. The number of anilines is 1. The van der Waals surface area contributed by atoms with E-state index in [2.05, 4.69) is 12.2 Å². The van der Waals surface area contributed by atoms with Gasteiger partial charge in [0.2, 0.25) is 0 Å². The predicted octanol–water partition coefficient (Wildman–Crippen LogP) is 3.77. The van der Waals surface area contributed by atoms with Crippen molar-refractivity contribution < 1.29 is 4.79 Å². The topological polar surface area (TPSA) is 32.3 Å². The summed E-state index contributed by atoms with van der Waals surface area (Å²) in [5.74, 6) is 0.787. The van der Waals surface area contributed by atoms with Crippen LogP contribution in [0.25, 0.3) is 0 Å². The van der Waals surface area contributed by atoms with Gasteiger partial charge in [-0.25, -0.2) is 0 Å². The third-order valence-corrected chi connectivity index (χ3v) is 4.30. The number of para-hydroxylation sites is 1. The lowest BCUT2D eigenvalue weighted by Gasteiger charge is -2.29. The zero-order valence-corrected chi connectivity index (χ0v) is 12.9. The highest BCUT2D eigenvalue weighted by Crippen LogP contribution is 2.29. The molecule has 1 aliphatic rings. The van der Waals surface area contributed by atoms with E-state index >= 15 is 0 Å². The fraction of sp³-hybridized carbons (Fsp3) is 0.588. The van der Waals surface area contributed by atoms with Crippen LogP contribution in [0.5, 0.6) is 0 Å². The molecule has 0 heterocycles. The highest BCUT2D eigenvalue weighted by molar-refractivity contribution is 5.99. The molecule has 0 aromatic heterocycles. The molecule has 1 amide bonds. The maximum absolute atomic E-state index is 12.2. The standard InChI is InChI=1S/C17H26N2O/c1-13(14-9-5-4-6-10-14)18-16-12-8-7-11-15(16)17(20)19(2)3/h7-8,11-14,18H,4-6,9-10H2,1-3H3. The SMILES string of the molecule is CC(Nc1ccccc1C(=O)N(C)C)C1CCCCC1. The summed E-state index contributed by atoms with van der Waals surface area (Å²) in [6, 6.07) is 8.25. The number of rotatable bonds is 4. The fourth-order valence-corrected chi connectivity index (χ4v) is 3.03. The van der Waals surface area contributed by atoms with E-state index in [4.69, 9.17) is 0 Å². The van der Waals surface area contributed by atoms with Crippen molar-refractivity contribution >= 4 is 11.6 Å². The molecule has 0 saturated heterocycles. The van der Waals surface area contributed by atoms with Gasteiger partial charge in [0.05, 0.1) is 5.56 Å². The zero-order chi connectivity index (χ0) is 14.5. The Labute approximate surface area is 122 Å². The van der Waals surface area contributed by atoms with Crippen LogP contribution >= 0.6 is 0 Å². The Morgan fingerprint density at radius 3 is 2.50 bits per heavy atom. The van der Waals surface area contributed by atoms with Gasteiger partial charge in [0.1, 0.15) is 0 Å². The van der Waals surface area contributed by atoms with Crippen LogP contribution in [0.1, 0.15) is 49.4 Å². The third-order valence-electron chi connectivity index (χ3n) is 4.30. The van der Waals surface area contributed by atoms with Crippen LogP contribution < -0.4 is 5.32 Å². The normalized spacial score (nSPS) is 17.6. The van der Waals surface area contributed by atoms with Crippen molar-refractivity contribution in [3.8, 4) is 0 Å². The minimum Gasteiger partial charge on any atom is -0.382 e. The lowest BCUT2D eigenvalue weighted by molar-refractivity contribution is 0.0828. The average molecular weight is 274 g/mol. The van der Waals surface area contributed by atoms with Gasteiger partial charge in [-0.1, -0.05) is 31.4 Å². The molecule has 20 heavy (non-hydrogen) atoms. The number of amides is 1. The molecule has 1 saturated carbocycles. The number of carbonyl (C=O) groups is 1. The molecule has 3 nitrogen and oxygen atoms in total. The quantitative estimate of drug-likeness (QED) is 0.906. The Bertz CT molecular complexity index is 450. The Hall–Kier alpha value is -1.51. The van der Waals surface area contributed by atoms with Gasteiger partial charge in [-0.2, -0.15) is 0 Å². The summed E-state index contributed by atoms with van der Waals surface area (Å²) in [7, 11) is 3.59. The van der Waals surface area contributed by atoms with E-state index < -0.39 is 0 Å². The minimum absolute atomic E-state index is 0.0592. The van der Waals surface area contributed by atoms with Gasteiger partial charge in [-0.15, -0.1) is 0 Å². The molecule has 1 aromatic rings. The molecule has 110 valence electrons. The van der Waals surface area contributed by atoms with Gasteiger partial charge in [0.15, 0.2) is 0 Å². The van der Waals surface area contributed by atoms with E-state index in [1.54, 1.807) is 19.0 Å². The molecule has 3 heteroatoms. The summed E-state index contributed by atoms with van der Waals surface area (Å²) in [6.45, 7) is 2.24. The highest BCUT2D eigenvalue weighted by Gasteiger charge is 2.21. The summed E-state index contributed by atoms with van der Waals surface area (Å²) >= 11 is 0. The first-order chi connectivity index (χ1) is 9.59. The molecule has 1 aliphatic carbocycles. The van der Waals surface area contributed by atoms with Gasteiger partial charge >= 0.3 is 0 Å². The van der Waals surface area contributed by atoms with Crippen molar-refractivity contribution in [2.45, 2.75) is 45.1 Å². The maximum Gasteiger partial charge on any atom is 0.255 e. The number of carbonyl (C=O) groups excluding carboxylic acids is 1. The average Bonchev–Trinajstić information content (AvgIpc) is 2.48. The molecule has 0 radical (unpaired) electrons. The highest BCUT2D eigenvalue weighted by atomic mass is 16.2. The summed E-state index contributed by atoms with van der Waals surface area (Å²) in [6.07, 6.45) is 6.67. The van der Waals surface area contributed by atoms with Crippen LogP contribution in [0.4, 0.5) is 5.69 Å². The summed E-state index contributed by atoms with van der Waals surface area (Å²) in [5, 5.41) is 3.57. The number of hydrogen-bond acceptors (Lipinski definition) is 2. The lowest BCUT2D eigenvalue weighted by atomic mass is 9.84. The minimum atomic E-state index is 0.0592. The van der Waals surface area contributed by atoms with E-state index in [1.807, 2.05) is 24.3 Å². The second kappa shape index (κ2) is 6.78. The molecular formula is C17H26N2O. The smallest absolute Gasteiger partial charge is 0.255 e. The molecule has 1 fully saturated rings. The summed E-state index contributed by atoms with van der Waals surface area (Å²) < 4.78 is 0. The number of nitrogens with zero attached hydrogens (tertiary/aromatic N) is 1. The Kier molecular flexibility index (Phi) is 5.05. The summed E-state index contributed by atoms with van der Waals surface area (Å²) in [4.78, 5) is 13.8. The Morgan fingerprint density at radius 1 is 1.20 bits per heavy atom. The molecule has 0 bridgehead atoms. The molecular weight excluding hydrogens is 248 g/mol. The van der Waals surface area contributed by atoms with Crippen LogP contribution in [0.3, 0.4) is 0 Å². The van der Waals surface area contributed by atoms with Crippen molar-refractivity contribution in [1.29, 1.82) is 0 Å². The van der Waals surface area contributed by atoms with E-state index in [0.29, 0.717) is 6.04 Å². The number of benzene rings is 1. The Balaban J connectivity index is 2.10. The second-order valence-electron chi connectivity index (χ2n) is 6.08. The van der Waals surface area contributed by atoms with Crippen LogP contribution in [0, 0.1) is 5.92 Å². The van der Waals surface area contributed by atoms with Crippen LogP contribution in [-0.4, -0.2) is 30.9 Å². The number of hydrogen-bond donors (Lipinski definition) is 1. The molecule has 0 aliphatic heterocycles. The Morgan fingerprint density at radius 2 is 1.85 bits per heavy atom. The largest absolute Gasteiger partial charge is 0.382 e. The fourth-order valence-electron chi connectivity index (χ4n) is 3.03. The van der Waals surface area contributed by atoms with Gasteiger partial charge in [-0.05, 0) is 37.8 Å². The van der Waals surface area contributed by atoms with E-state index in [1.165, 1.54) is 32.1 Å². The third kappa shape index (κ3) is 3.53. The summed E-state index contributed by atoms with van der Waals surface area (Å²) in [5.41, 5.74) is 1.73. The van der Waals surface area contributed by atoms with Crippen LogP contribution in [-0.2, 0) is 0 Å². The first-order valence-electron chi connectivity index (χ1n) is 7.67. The van der Waals surface area contributed by atoms with Gasteiger partial charge in [0, 0.05) is 25.8 Å². The molecule has 1 unspecified atom stereocenters. The van der Waals surface area contributed by atoms with Crippen molar-refractivity contribution in [3.63, 3.8) is 0 Å². The number of nitrogens with one attached hydrogen (secondary N) is 1. The van der Waals surface area contributed by atoms with Crippen molar-refractivity contribution in [2.75, 3.05) is 19.4 Å². The first kappa shape index (κ1) is 14.9. The van der Waals surface area contributed by atoms with E-state index in [-0.39, 0.29) is 5.91 Å². The monoisotopic (exact) mass is 274 g/mol. The second-order valence-corrected chi connectivity index (χ2v) is 6.08. The van der Waals surface area contributed by atoms with Gasteiger partial charge < -0.3 is 10.2 Å². The molecule has 0 spiro atoms. The molecule has 1 atom stereocenters. The van der Waals surface area contributed by atoms with Gasteiger partial charge in [0.25, 0.3) is 5.91 Å². The first-order valence-corrected chi connectivity index (χ1v) is 7.67. The van der Waals surface area contributed by atoms with E-state index in [9.17, 15) is 4.79 Å². The molecule has 1 N–H and O–H groups in total. The van der Waals surface area contributed by atoms with Crippen molar-refractivity contribution in [1.82, 2.24) is 4.90 Å². The molecule has 1 aromatic carbocycles. The maximum atomic E-state index is 12.2. The van der Waals surface area contributed by atoms with Crippen LogP contribution in [0.2, 0.25) is 0 Å². The van der Waals surface area contributed by atoms with Crippen LogP contribution in [0.15, 0.2) is 24.3 Å². The molecule has 2 rings (SSSR count). The van der Waals surface area contributed by atoms with Crippen molar-refractivity contribution in [3.05, 3.63) is 29.8 Å². The lowest BCUT2D eigenvalue weighted by Crippen LogP contribution is -2.29. The van der Waals surface area contributed by atoms with Crippen molar-refractivity contribution in [2.24, 2.45) is 5.92 Å².